The first-order valence-corrected chi connectivity index (χ1v) is 12.6. The van der Waals surface area contributed by atoms with Gasteiger partial charge in [0.2, 0.25) is 0 Å². The fourth-order valence-electron chi connectivity index (χ4n) is 4.97. The Morgan fingerprint density at radius 1 is 0.183 bits per heavy atom. The zero-order chi connectivity index (χ0) is 50.0. The Kier molecular flexibility index (Phi) is 11.5. The summed E-state index contributed by atoms with van der Waals surface area (Å²) in [6.45, 7) is 0. The van der Waals surface area contributed by atoms with Crippen LogP contribution in [0.5, 0.6) is 0 Å². The van der Waals surface area contributed by atoms with E-state index in [9.17, 15) is 176 Å². The Hall–Kier alpha value is -2.80. The van der Waals surface area contributed by atoms with Crippen LogP contribution >= 0.6 is 0 Å². The second-order valence-electron chi connectivity index (χ2n) is 11.5. The monoisotopic (exact) mass is 1000 g/mol. The van der Waals surface area contributed by atoms with Crippen LogP contribution in [0.3, 0.4) is 0 Å². The fourth-order valence-corrected chi connectivity index (χ4v) is 4.97. The van der Waals surface area contributed by atoms with Crippen LogP contribution in [0.4, 0.5) is 176 Å². The maximum absolute atomic E-state index is 14.3. The van der Waals surface area contributed by atoms with Gasteiger partial charge in [-0.2, -0.15) is 167 Å². The summed E-state index contributed by atoms with van der Waals surface area (Å²) < 4.78 is 520. The molecular weight excluding hydrogens is 1000 g/mol. The largest absolute Gasteiger partial charge is 0.460 e. The molecule has 2 aliphatic carbocycles. The SMILES string of the molecule is FC(F)(F)C(C(F)(F)F)(C(F)(F)F)C1(F)C(F)(F)C(F)(F)C(F)(F)C(F)(F)C1(F)F.FC(F)(F)C(F)(F)C(F)(F)C(F)(F)C1(F)C(F)(F)C(F)(F)C(F)(F)C(F)(F)C1(F)F. The molecule has 2 fully saturated rings. The second-order valence-corrected chi connectivity index (χ2v) is 11.5. The van der Waals surface area contributed by atoms with Crippen LogP contribution in [0.2, 0.25) is 0 Å². The topological polar surface area (TPSA) is 0 Å². The van der Waals surface area contributed by atoms with Crippen molar-refractivity contribution in [3.8, 4) is 0 Å². The molecule has 0 heterocycles. The zero-order valence-electron chi connectivity index (χ0n) is 25.1. The van der Waals surface area contributed by atoms with E-state index in [1.807, 2.05) is 0 Å². The summed E-state index contributed by atoms with van der Waals surface area (Å²) in [5.74, 6) is -113. The molecule has 2 saturated carbocycles. The number of hydrogen-bond acceptors (Lipinski definition) is 0. The van der Waals surface area contributed by atoms with E-state index < -0.39 is 118 Å². The molecule has 0 N–H and O–H groups in total. The zero-order valence-corrected chi connectivity index (χ0v) is 25.1. The molecule has 0 bridgehead atoms. The molecule has 2 aliphatic rings. The molecule has 0 saturated heterocycles. The van der Waals surface area contributed by atoms with Crippen molar-refractivity contribution in [2.24, 2.45) is 5.41 Å². The minimum absolute atomic E-state index is 8.02. The van der Waals surface area contributed by atoms with Crippen LogP contribution in [-0.2, 0) is 0 Å². The van der Waals surface area contributed by atoms with Crippen molar-refractivity contribution < 1.29 is 176 Å². The van der Waals surface area contributed by atoms with Gasteiger partial charge in [-0.05, 0) is 0 Å². The van der Waals surface area contributed by atoms with E-state index in [2.05, 4.69) is 0 Å². The van der Waals surface area contributed by atoms with Crippen molar-refractivity contribution in [2.75, 3.05) is 0 Å². The predicted molar refractivity (Wildman–Crippen MR) is 98.6 cm³/mol. The standard InChI is InChI=1S/2C10F20/c11-2(1(8(22,23)24,9(25,26)27)10(28,29)30)3(12,13)5(16,17)7(20,21)6(18,19)4(2,14)15;11-1(4(16,17)7(22,23)9(26,27)10(28,29)30)2(12,13)5(18,19)8(24,25)6(20,21)3(1,14)15. The molecule has 0 amide bonds. The van der Waals surface area contributed by atoms with Gasteiger partial charge in [-0.3, -0.25) is 0 Å². The number of alkyl halides is 40. The lowest BCUT2D eigenvalue weighted by molar-refractivity contribution is -0.556. The molecule has 0 radical (unpaired) electrons. The first kappa shape index (κ1) is 55.2. The average molecular weight is 1000 g/mol. The highest BCUT2D eigenvalue weighted by molar-refractivity contribution is 5.35. The third-order valence-electron chi connectivity index (χ3n) is 8.26. The van der Waals surface area contributed by atoms with E-state index in [0.29, 0.717) is 0 Å². The highest BCUT2D eigenvalue weighted by Crippen LogP contribution is 2.80. The van der Waals surface area contributed by atoms with Gasteiger partial charge in [0.05, 0.1) is 0 Å². The lowest BCUT2D eigenvalue weighted by atomic mass is 9.57. The predicted octanol–water partition coefficient (Wildman–Crippen LogP) is 12.9. The smallest absolute Gasteiger partial charge is 0.228 e. The fraction of sp³-hybridized carbons (Fsp3) is 1.00. The summed E-state index contributed by atoms with van der Waals surface area (Å²) in [6, 6.07) is 0. The average Bonchev–Trinajstić information content (AvgIpc) is 2.95. The van der Waals surface area contributed by atoms with Gasteiger partial charge >= 0.3 is 113 Å². The molecule has 0 aromatic rings. The van der Waals surface area contributed by atoms with Crippen molar-refractivity contribution in [3.63, 3.8) is 0 Å². The van der Waals surface area contributed by atoms with E-state index in [1.54, 1.807) is 0 Å². The minimum Gasteiger partial charge on any atom is -0.228 e. The molecule has 360 valence electrons. The Bertz CT molecular complexity index is 1520. The summed E-state index contributed by atoms with van der Waals surface area (Å²) >= 11 is 0. The lowest BCUT2D eigenvalue weighted by Gasteiger charge is -2.58. The van der Waals surface area contributed by atoms with Crippen molar-refractivity contribution >= 4 is 0 Å². The molecule has 0 atom stereocenters. The number of hydrogen-bond donors (Lipinski definition) is 0. The molecule has 2 rings (SSSR count). The molecule has 0 aromatic heterocycles. The Morgan fingerprint density at radius 3 is 0.517 bits per heavy atom. The third-order valence-corrected chi connectivity index (χ3v) is 8.26. The van der Waals surface area contributed by atoms with E-state index in [4.69, 9.17) is 0 Å². The van der Waals surface area contributed by atoms with Crippen LogP contribution in [0.25, 0.3) is 0 Å². The third kappa shape index (κ3) is 5.16. The summed E-state index contributed by atoms with van der Waals surface area (Å²) in [6.07, 6.45) is -34.6. The Balaban J connectivity index is 0.000000600. The normalized spacial score (nSPS) is 27.6. The van der Waals surface area contributed by atoms with Crippen LogP contribution < -0.4 is 0 Å². The molecule has 0 unspecified atom stereocenters. The van der Waals surface area contributed by atoms with Crippen molar-refractivity contribution in [1.29, 1.82) is 0 Å². The molecule has 0 nitrogen and oxygen atoms in total. The number of halogens is 40. The van der Waals surface area contributed by atoms with Crippen LogP contribution in [-0.4, -0.2) is 113 Å². The Morgan fingerprint density at radius 2 is 0.350 bits per heavy atom. The van der Waals surface area contributed by atoms with Gasteiger partial charge in [0.25, 0.3) is 5.67 Å². The van der Waals surface area contributed by atoms with E-state index in [0.717, 1.165) is 0 Å². The Labute approximate surface area is 295 Å². The van der Waals surface area contributed by atoms with Crippen molar-refractivity contribution in [3.05, 3.63) is 0 Å². The summed E-state index contributed by atoms with van der Waals surface area (Å²) in [4.78, 5) is 0. The summed E-state index contributed by atoms with van der Waals surface area (Å²) in [5, 5.41) is 0. The quantitative estimate of drug-likeness (QED) is 0.246. The molecule has 0 aromatic carbocycles. The van der Waals surface area contributed by atoms with Crippen molar-refractivity contribution in [2.45, 2.75) is 113 Å². The molecular formula is C20F40. The first-order chi connectivity index (χ1) is 25.0. The van der Waals surface area contributed by atoms with Crippen LogP contribution in [0, 0.1) is 5.41 Å². The van der Waals surface area contributed by atoms with Gasteiger partial charge in [0, 0.05) is 0 Å². The van der Waals surface area contributed by atoms with Gasteiger partial charge in [-0.1, -0.05) is 0 Å². The summed E-state index contributed by atoms with van der Waals surface area (Å²) in [7, 11) is 0. The van der Waals surface area contributed by atoms with E-state index in [1.165, 1.54) is 0 Å². The van der Waals surface area contributed by atoms with E-state index >= 15 is 0 Å². The highest BCUT2D eigenvalue weighted by Gasteiger charge is 3.12. The van der Waals surface area contributed by atoms with Crippen LogP contribution in [0.15, 0.2) is 0 Å². The molecule has 40 heteroatoms. The molecule has 0 spiro atoms. The van der Waals surface area contributed by atoms with Gasteiger partial charge < -0.3 is 0 Å². The molecule has 60 heavy (non-hydrogen) atoms. The maximum Gasteiger partial charge on any atom is 0.460 e. The van der Waals surface area contributed by atoms with Gasteiger partial charge in [0.1, 0.15) is 0 Å². The van der Waals surface area contributed by atoms with Crippen molar-refractivity contribution in [1.82, 2.24) is 0 Å². The van der Waals surface area contributed by atoms with Crippen LogP contribution in [0.1, 0.15) is 0 Å². The van der Waals surface area contributed by atoms with Gasteiger partial charge in [-0.15, -0.1) is 0 Å². The van der Waals surface area contributed by atoms with Gasteiger partial charge in [0.15, 0.2) is 0 Å². The number of rotatable bonds is 4. The highest BCUT2D eigenvalue weighted by atomic mass is 19.5. The van der Waals surface area contributed by atoms with E-state index in [-0.39, 0.29) is 0 Å². The second kappa shape index (κ2) is 12.5. The lowest BCUT2D eigenvalue weighted by Crippen LogP contribution is -2.91. The minimum atomic E-state index is -9.46. The molecule has 0 aliphatic heterocycles. The summed E-state index contributed by atoms with van der Waals surface area (Å²) in [5.41, 5.74) is -28.0. The van der Waals surface area contributed by atoms with Gasteiger partial charge in [-0.25, -0.2) is 8.78 Å². The first-order valence-electron chi connectivity index (χ1n) is 12.6. The maximum atomic E-state index is 14.3.